The standard InChI is InChI=1S/C30H29NO4/c1-20(2)23-11-7-8-12-28(23)35-19-27-24(30(32)33)14-15-26(31-27)25-17-21(3)13-16-29(25)34-18-22-9-5-4-6-10-22/h4-17,20H,18-19H2,1-3H3,(H,32,33). The largest absolute Gasteiger partial charge is 0.488 e. The molecule has 0 radical (unpaired) electrons. The van der Waals surface area contributed by atoms with Crippen molar-refractivity contribution in [2.75, 3.05) is 0 Å². The van der Waals surface area contributed by atoms with Crippen molar-refractivity contribution in [2.24, 2.45) is 0 Å². The Bertz CT molecular complexity index is 1320. The predicted molar refractivity (Wildman–Crippen MR) is 137 cm³/mol. The van der Waals surface area contributed by atoms with E-state index in [9.17, 15) is 9.90 Å². The molecule has 0 saturated carbocycles. The molecule has 1 aromatic heterocycles. The Morgan fingerprint density at radius 2 is 1.57 bits per heavy atom. The van der Waals surface area contributed by atoms with E-state index in [1.807, 2.05) is 79.7 Å². The van der Waals surface area contributed by atoms with E-state index >= 15 is 0 Å². The van der Waals surface area contributed by atoms with Crippen LogP contribution in [0, 0.1) is 6.92 Å². The molecule has 0 aliphatic carbocycles. The number of aryl methyl sites for hydroxylation is 1. The van der Waals surface area contributed by atoms with Gasteiger partial charge in [0.25, 0.3) is 0 Å². The predicted octanol–water partition coefficient (Wildman–Crippen LogP) is 7.04. The Morgan fingerprint density at radius 1 is 0.857 bits per heavy atom. The highest BCUT2D eigenvalue weighted by Crippen LogP contribution is 2.32. The van der Waals surface area contributed by atoms with E-state index in [1.165, 1.54) is 0 Å². The zero-order valence-electron chi connectivity index (χ0n) is 20.2. The van der Waals surface area contributed by atoms with Gasteiger partial charge in [-0.15, -0.1) is 0 Å². The van der Waals surface area contributed by atoms with Crippen molar-refractivity contribution < 1.29 is 19.4 Å². The summed E-state index contributed by atoms with van der Waals surface area (Å²) in [7, 11) is 0. The van der Waals surface area contributed by atoms with Crippen LogP contribution in [0.5, 0.6) is 11.5 Å². The summed E-state index contributed by atoms with van der Waals surface area (Å²) in [5, 5.41) is 9.76. The number of rotatable bonds is 9. The molecule has 0 atom stereocenters. The van der Waals surface area contributed by atoms with Crippen LogP contribution < -0.4 is 9.47 Å². The van der Waals surface area contributed by atoms with Crippen molar-refractivity contribution in [1.82, 2.24) is 4.98 Å². The van der Waals surface area contributed by atoms with Crippen molar-refractivity contribution in [3.63, 3.8) is 0 Å². The highest BCUT2D eigenvalue weighted by atomic mass is 16.5. The summed E-state index contributed by atoms with van der Waals surface area (Å²) in [6.07, 6.45) is 0. The third-order valence-electron chi connectivity index (χ3n) is 5.76. The van der Waals surface area contributed by atoms with Crippen molar-refractivity contribution in [3.05, 3.63) is 113 Å². The molecule has 4 rings (SSSR count). The zero-order valence-corrected chi connectivity index (χ0v) is 20.2. The van der Waals surface area contributed by atoms with Gasteiger partial charge in [-0.2, -0.15) is 0 Å². The number of ether oxygens (including phenoxy) is 2. The van der Waals surface area contributed by atoms with E-state index in [4.69, 9.17) is 14.5 Å². The van der Waals surface area contributed by atoms with E-state index < -0.39 is 5.97 Å². The van der Waals surface area contributed by atoms with Crippen LogP contribution in [0.1, 0.15) is 52.5 Å². The molecular weight excluding hydrogens is 438 g/mol. The molecule has 0 aliphatic heterocycles. The number of hydrogen-bond donors (Lipinski definition) is 1. The lowest BCUT2D eigenvalue weighted by Crippen LogP contribution is -2.10. The lowest BCUT2D eigenvalue weighted by Gasteiger charge is -2.16. The molecule has 4 aromatic rings. The normalized spacial score (nSPS) is 10.9. The monoisotopic (exact) mass is 467 g/mol. The minimum absolute atomic E-state index is 0.0469. The summed E-state index contributed by atoms with van der Waals surface area (Å²) in [5.74, 6) is 0.658. The van der Waals surface area contributed by atoms with Gasteiger partial charge in [0.1, 0.15) is 24.7 Å². The Hall–Kier alpha value is -4.12. The maximum Gasteiger partial charge on any atom is 0.337 e. The summed E-state index contributed by atoms with van der Waals surface area (Å²) in [5.41, 5.74) is 5.11. The molecule has 1 heterocycles. The topological polar surface area (TPSA) is 68.7 Å². The first-order valence-corrected chi connectivity index (χ1v) is 11.6. The first kappa shape index (κ1) is 24.0. The van der Waals surface area contributed by atoms with Crippen molar-refractivity contribution in [1.29, 1.82) is 0 Å². The second-order valence-corrected chi connectivity index (χ2v) is 8.75. The van der Waals surface area contributed by atoms with Gasteiger partial charge in [0.05, 0.1) is 17.0 Å². The van der Waals surface area contributed by atoms with Gasteiger partial charge in [0.15, 0.2) is 0 Å². The van der Waals surface area contributed by atoms with Crippen LogP contribution in [0.15, 0.2) is 84.9 Å². The lowest BCUT2D eigenvalue weighted by molar-refractivity contribution is 0.0693. The number of pyridine rings is 1. The average molecular weight is 468 g/mol. The zero-order chi connectivity index (χ0) is 24.8. The molecular formula is C30H29NO4. The van der Waals surface area contributed by atoms with Gasteiger partial charge in [-0.1, -0.05) is 74.0 Å². The minimum Gasteiger partial charge on any atom is -0.488 e. The fourth-order valence-corrected chi connectivity index (χ4v) is 3.90. The quantitative estimate of drug-likeness (QED) is 0.286. The number of nitrogens with zero attached hydrogens (tertiary/aromatic N) is 1. The van der Waals surface area contributed by atoms with Crippen molar-refractivity contribution in [3.8, 4) is 22.8 Å². The molecule has 0 unspecified atom stereocenters. The summed E-state index contributed by atoms with van der Waals surface area (Å²) >= 11 is 0. The second-order valence-electron chi connectivity index (χ2n) is 8.75. The molecule has 0 bridgehead atoms. The maximum atomic E-state index is 11.9. The molecule has 0 saturated heterocycles. The fraction of sp³-hybridized carbons (Fsp3) is 0.200. The smallest absolute Gasteiger partial charge is 0.337 e. The van der Waals surface area contributed by atoms with E-state index in [-0.39, 0.29) is 18.1 Å². The number of carboxylic acid groups (broad SMARTS) is 1. The molecule has 0 spiro atoms. The Morgan fingerprint density at radius 3 is 2.31 bits per heavy atom. The van der Waals surface area contributed by atoms with Crippen LogP contribution in [0.2, 0.25) is 0 Å². The maximum absolute atomic E-state index is 11.9. The van der Waals surface area contributed by atoms with Crippen molar-refractivity contribution in [2.45, 2.75) is 39.9 Å². The number of aromatic nitrogens is 1. The van der Waals surface area contributed by atoms with Gasteiger partial charge in [-0.3, -0.25) is 0 Å². The number of para-hydroxylation sites is 1. The van der Waals surface area contributed by atoms with Crippen molar-refractivity contribution >= 4 is 5.97 Å². The van der Waals surface area contributed by atoms with Gasteiger partial charge < -0.3 is 14.6 Å². The third-order valence-corrected chi connectivity index (χ3v) is 5.76. The summed E-state index contributed by atoms with van der Waals surface area (Å²) in [4.78, 5) is 16.6. The molecule has 1 N–H and O–H groups in total. The number of carboxylic acids is 1. The molecule has 3 aromatic carbocycles. The van der Waals surface area contributed by atoms with E-state index in [0.29, 0.717) is 23.7 Å². The highest BCUT2D eigenvalue weighted by Gasteiger charge is 2.17. The summed E-state index contributed by atoms with van der Waals surface area (Å²) < 4.78 is 12.2. The first-order chi connectivity index (χ1) is 16.9. The van der Waals surface area contributed by atoms with Gasteiger partial charge in [0.2, 0.25) is 0 Å². The SMILES string of the molecule is Cc1ccc(OCc2ccccc2)c(-c2ccc(C(=O)O)c(COc3ccccc3C(C)C)n2)c1. The molecule has 5 nitrogen and oxygen atoms in total. The number of benzene rings is 3. The van der Waals surface area contributed by atoms with Crippen LogP contribution in [0.25, 0.3) is 11.3 Å². The van der Waals surface area contributed by atoms with E-state index in [2.05, 4.69) is 13.8 Å². The van der Waals surface area contributed by atoms with E-state index in [1.54, 1.807) is 12.1 Å². The Kier molecular flexibility index (Phi) is 7.46. The van der Waals surface area contributed by atoms with Crippen LogP contribution in [-0.2, 0) is 13.2 Å². The molecule has 178 valence electrons. The molecule has 0 fully saturated rings. The first-order valence-electron chi connectivity index (χ1n) is 11.6. The summed E-state index contributed by atoms with van der Waals surface area (Å²) in [6, 6.07) is 27.0. The van der Waals surface area contributed by atoms with Crippen LogP contribution >= 0.6 is 0 Å². The summed E-state index contributed by atoms with van der Waals surface area (Å²) in [6.45, 7) is 6.66. The number of aromatic carboxylic acids is 1. The van der Waals surface area contributed by atoms with Gasteiger partial charge in [-0.05, 0) is 54.3 Å². The third kappa shape index (κ3) is 5.87. The van der Waals surface area contributed by atoms with Gasteiger partial charge in [-0.25, -0.2) is 9.78 Å². The molecule has 35 heavy (non-hydrogen) atoms. The average Bonchev–Trinajstić information content (AvgIpc) is 2.87. The van der Waals surface area contributed by atoms with E-state index in [0.717, 1.165) is 28.0 Å². The van der Waals surface area contributed by atoms with Crippen LogP contribution in [-0.4, -0.2) is 16.1 Å². The Labute approximate surface area is 206 Å². The van der Waals surface area contributed by atoms with Gasteiger partial charge >= 0.3 is 5.97 Å². The van der Waals surface area contributed by atoms with Gasteiger partial charge in [0, 0.05) is 5.56 Å². The number of carbonyl (C=O) groups is 1. The highest BCUT2D eigenvalue weighted by molar-refractivity contribution is 5.89. The fourth-order valence-electron chi connectivity index (χ4n) is 3.90. The molecule has 5 heteroatoms. The Balaban J connectivity index is 1.66. The molecule has 0 amide bonds. The van der Waals surface area contributed by atoms with Crippen LogP contribution in [0.4, 0.5) is 0 Å². The number of hydrogen-bond acceptors (Lipinski definition) is 4. The lowest BCUT2D eigenvalue weighted by atomic mass is 10.0. The minimum atomic E-state index is -1.04. The molecule has 0 aliphatic rings. The van der Waals surface area contributed by atoms with Crippen LogP contribution in [0.3, 0.4) is 0 Å². The second kappa shape index (κ2) is 10.9.